The second-order valence-electron chi connectivity index (χ2n) is 7.13. The first-order chi connectivity index (χ1) is 15.0. The van der Waals surface area contributed by atoms with Crippen molar-refractivity contribution in [1.82, 2.24) is 30.0 Å². The second-order valence-corrected chi connectivity index (χ2v) is 7.13. The van der Waals surface area contributed by atoms with Gasteiger partial charge in [-0.1, -0.05) is 0 Å². The maximum atomic E-state index is 13.3. The molecule has 3 heterocycles. The molecule has 0 aliphatic rings. The van der Waals surface area contributed by atoms with Gasteiger partial charge < -0.3 is 5.32 Å². The van der Waals surface area contributed by atoms with Crippen LogP contribution in [0.5, 0.6) is 0 Å². The van der Waals surface area contributed by atoms with Crippen molar-refractivity contribution < 1.29 is 9.18 Å². The van der Waals surface area contributed by atoms with E-state index in [4.69, 9.17) is 0 Å². The molecule has 31 heavy (non-hydrogen) atoms. The van der Waals surface area contributed by atoms with Gasteiger partial charge in [-0.25, -0.2) is 19.0 Å². The average Bonchev–Trinajstić information content (AvgIpc) is 3.17. The molecule has 156 valence electrons. The molecular formula is C23H21FN6O. The largest absolute Gasteiger partial charge is 0.352 e. The van der Waals surface area contributed by atoms with Gasteiger partial charge in [-0.15, -0.1) is 0 Å². The van der Waals surface area contributed by atoms with Gasteiger partial charge >= 0.3 is 0 Å². The van der Waals surface area contributed by atoms with Gasteiger partial charge in [-0.05, 0) is 67.8 Å². The van der Waals surface area contributed by atoms with Gasteiger partial charge in [0.05, 0.1) is 23.1 Å². The minimum Gasteiger partial charge on any atom is -0.352 e. The molecule has 0 radical (unpaired) electrons. The minimum absolute atomic E-state index is 0.205. The van der Waals surface area contributed by atoms with E-state index in [1.54, 1.807) is 37.6 Å². The molecular weight excluding hydrogens is 395 g/mol. The predicted octanol–water partition coefficient (Wildman–Crippen LogP) is 3.45. The highest BCUT2D eigenvalue weighted by atomic mass is 19.1. The SMILES string of the molecule is Cc1cnc(-n2ncc(C(=O)NCCc3ccncc3)c2C)nc1-c1ccc(F)cc1. The Labute approximate surface area is 179 Å². The molecule has 0 aliphatic carbocycles. The predicted molar refractivity (Wildman–Crippen MR) is 114 cm³/mol. The van der Waals surface area contributed by atoms with Crippen LogP contribution >= 0.6 is 0 Å². The fourth-order valence-electron chi connectivity index (χ4n) is 3.23. The highest BCUT2D eigenvalue weighted by Crippen LogP contribution is 2.22. The number of nitrogens with one attached hydrogen (secondary N) is 1. The molecule has 0 atom stereocenters. The van der Waals surface area contributed by atoms with Gasteiger partial charge in [0, 0.05) is 30.7 Å². The van der Waals surface area contributed by atoms with Crippen LogP contribution in [0.3, 0.4) is 0 Å². The van der Waals surface area contributed by atoms with Gasteiger partial charge in [0.1, 0.15) is 5.82 Å². The summed E-state index contributed by atoms with van der Waals surface area (Å²) in [5, 5.41) is 7.23. The lowest BCUT2D eigenvalue weighted by Gasteiger charge is -2.09. The zero-order valence-electron chi connectivity index (χ0n) is 17.2. The lowest BCUT2D eigenvalue weighted by Crippen LogP contribution is -2.26. The van der Waals surface area contributed by atoms with Crippen LogP contribution in [0.4, 0.5) is 4.39 Å². The Hall–Kier alpha value is -3.94. The first kappa shape index (κ1) is 20.3. The normalized spacial score (nSPS) is 10.8. The second kappa shape index (κ2) is 8.83. The summed E-state index contributed by atoms with van der Waals surface area (Å²) in [5.74, 6) is -0.167. The molecule has 7 nitrogen and oxygen atoms in total. The monoisotopic (exact) mass is 416 g/mol. The third kappa shape index (κ3) is 4.48. The van der Waals surface area contributed by atoms with E-state index >= 15 is 0 Å². The molecule has 0 fully saturated rings. The molecule has 0 bridgehead atoms. The van der Waals surface area contributed by atoms with Gasteiger partial charge in [-0.3, -0.25) is 9.78 Å². The van der Waals surface area contributed by atoms with E-state index < -0.39 is 0 Å². The molecule has 1 aromatic carbocycles. The fraction of sp³-hybridized carbons (Fsp3) is 0.174. The van der Waals surface area contributed by atoms with Crippen LogP contribution in [0, 0.1) is 19.7 Å². The Morgan fingerprint density at radius 1 is 1.06 bits per heavy atom. The molecule has 0 unspecified atom stereocenters. The number of amides is 1. The third-order valence-corrected chi connectivity index (χ3v) is 4.97. The number of benzene rings is 1. The van der Waals surface area contributed by atoms with Crippen molar-refractivity contribution in [3.63, 3.8) is 0 Å². The van der Waals surface area contributed by atoms with Crippen LogP contribution in [-0.2, 0) is 6.42 Å². The number of halogens is 1. The molecule has 0 saturated carbocycles. The van der Waals surface area contributed by atoms with Crippen LogP contribution in [0.2, 0.25) is 0 Å². The zero-order valence-corrected chi connectivity index (χ0v) is 17.2. The van der Waals surface area contributed by atoms with E-state index in [0.717, 1.165) is 16.7 Å². The number of pyridine rings is 1. The highest BCUT2D eigenvalue weighted by Gasteiger charge is 2.17. The van der Waals surface area contributed by atoms with Crippen molar-refractivity contribution >= 4 is 5.91 Å². The van der Waals surface area contributed by atoms with Crippen LogP contribution in [0.1, 0.15) is 27.2 Å². The van der Waals surface area contributed by atoms with Crippen molar-refractivity contribution in [3.05, 3.63) is 89.4 Å². The summed E-state index contributed by atoms with van der Waals surface area (Å²) in [6.45, 7) is 4.19. The molecule has 0 spiro atoms. The number of aromatic nitrogens is 5. The number of rotatable bonds is 6. The Bertz CT molecular complexity index is 1200. The molecule has 4 aromatic rings. The first-order valence-electron chi connectivity index (χ1n) is 9.84. The van der Waals surface area contributed by atoms with E-state index in [-0.39, 0.29) is 11.7 Å². The average molecular weight is 416 g/mol. The summed E-state index contributed by atoms with van der Waals surface area (Å²) in [5.41, 5.74) is 4.51. The number of hydrogen-bond donors (Lipinski definition) is 1. The Kier molecular flexibility index (Phi) is 5.79. The van der Waals surface area contributed by atoms with Gasteiger partial charge in [0.15, 0.2) is 0 Å². The summed E-state index contributed by atoms with van der Waals surface area (Å²) >= 11 is 0. The van der Waals surface area contributed by atoms with E-state index in [1.807, 2.05) is 19.1 Å². The fourth-order valence-corrected chi connectivity index (χ4v) is 3.23. The van der Waals surface area contributed by atoms with Crippen molar-refractivity contribution in [3.8, 4) is 17.2 Å². The van der Waals surface area contributed by atoms with Crippen LogP contribution in [-0.4, -0.2) is 37.2 Å². The van der Waals surface area contributed by atoms with Crippen molar-refractivity contribution in [2.24, 2.45) is 0 Å². The van der Waals surface area contributed by atoms with Gasteiger partial charge in [-0.2, -0.15) is 5.10 Å². The quantitative estimate of drug-likeness (QED) is 0.520. The van der Waals surface area contributed by atoms with Crippen LogP contribution in [0.25, 0.3) is 17.2 Å². The van der Waals surface area contributed by atoms with E-state index in [2.05, 4.69) is 25.4 Å². The molecule has 3 aromatic heterocycles. The van der Waals surface area contributed by atoms with Crippen LogP contribution < -0.4 is 5.32 Å². The van der Waals surface area contributed by atoms with Gasteiger partial charge in [0.2, 0.25) is 0 Å². The molecule has 1 N–H and O–H groups in total. The minimum atomic E-state index is -0.307. The number of carbonyl (C=O) groups is 1. The number of hydrogen-bond acceptors (Lipinski definition) is 5. The molecule has 1 amide bonds. The summed E-state index contributed by atoms with van der Waals surface area (Å²) < 4.78 is 14.8. The standard InChI is InChI=1S/C23H21FN6O/c1-15-13-27-23(29-21(15)18-3-5-19(24)6-4-18)30-16(2)20(14-28-30)22(31)26-12-9-17-7-10-25-11-8-17/h3-8,10-11,13-14H,9,12H2,1-2H3,(H,26,31). The summed E-state index contributed by atoms with van der Waals surface area (Å²) in [6, 6.07) is 9.97. The molecule has 4 rings (SSSR count). The third-order valence-electron chi connectivity index (χ3n) is 4.97. The summed E-state index contributed by atoms with van der Waals surface area (Å²) in [7, 11) is 0. The van der Waals surface area contributed by atoms with Crippen molar-refractivity contribution in [2.45, 2.75) is 20.3 Å². The summed E-state index contributed by atoms with van der Waals surface area (Å²) in [6.07, 6.45) is 7.37. The lowest BCUT2D eigenvalue weighted by molar-refractivity contribution is 0.0953. The summed E-state index contributed by atoms with van der Waals surface area (Å²) in [4.78, 5) is 25.6. The van der Waals surface area contributed by atoms with Crippen molar-refractivity contribution in [1.29, 1.82) is 0 Å². The number of nitrogens with zero attached hydrogens (tertiary/aromatic N) is 5. The lowest BCUT2D eigenvalue weighted by atomic mass is 10.1. The first-order valence-corrected chi connectivity index (χ1v) is 9.84. The topological polar surface area (TPSA) is 85.6 Å². The van der Waals surface area contributed by atoms with Gasteiger partial charge in [0.25, 0.3) is 11.9 Å². The number of aryl methyl sites for hydroxylation is 1. The smallest absolute Gasteiger partial charge is 0.254 e. The van der Waals surface area contributed by atoms with E-state index in [1.165, 1.54) is 23.0 Å². The Balaban J connectivity index is 1.53. The molecule has 0 saturated heterocycles. The number of carbonyl (C=O) groups excluding carboxylic acids is 1. The maximum absolute atomic E-state index is 13.3. The van der Waals surface area contributed by atoms with Crippen molar-refractivity contribution in [2.75, 3.05) is 6.54 Å². The van der Waals surface area contributed by atoms with Crippen LogP contribution in [0.15, 0.2) is 61.2 Å². The van der Waals surface area contributed by atoms with E-state index in [0.29, 0.717) is 35.9 Å². The maximum Gasteiger partial charge on any atom is 0.254 e. The highest BCUT2D eigenvalue weighted by molar-refractivity contribution is 5.95. The molecule has 0 aliphatic heterocycles. The van der Waals surface area contributed by atoms with E-state index in [9.17, 15) is 9.18 Å². The Morgan fingerprint density at radius 3 is 2.55 bits per heavy atom. The Morgan fingerprint density at radius 2 is 1.81 bits per heavy atom. The molecule has 8 heteroatoms. The zero-order chi connectivity index (χ0) is 21.8.